The minimum atomic E-state index is 0.242. The highest BCUT2D eigenvalue weighted by atomic mass is 16.5. The molecule has 0 saturated carbocycles. The lowest BCUT2D eigenvalue weighted by molar-refractivity contribution is 0.283. The summed E-state index contributed by atoms with van der Waals surface area (Å²) < 4.78 is 6.28. The van der Waals surface area contributed by atoms with Gasteiger partial charge in [0.05, 0.1) is 0 Å². The van der Waals surface area contributed by atoms with Gasteiger partial charge in [0, 0.05) is 5.56 Å². The normalized spacial score (nSPS) is 15.5. The van der Waals surface area contributed by atoms with Crippen molar-refractivity contribution in [3.8, 4) is 5.75 Å². The van der Waals surface area contributed by atoms with E-state index in [1.807, 2.05) is 6.07 Å². The molecule has 1 nitrogen and oxygen atoms in total. The second-order valence-electron chi connectivity index (χ2n) is 7.01. The van der Waals surface area contributed by atoms with E-state index in [0.29, 0.717) is 12.5 Å². The van der Waals surface area contributed by atoms with Gasteiger partial charge in [0.2, 0.25) is 0 Å². The molecule has 0 bridgehead atoms. The molecule has 0 amide bonds. The smallest absolute Gasteiger partial charge is 0.127 e. The summed E-state index contributed by atoms with van der Waals surface area (Å²) in [5, 5.41) is 0. The van der Waals surface area contributed by atoms with Crippen LogP contribution in [0.5, 0.6) is 5.75 Å². The second kappa shape index (κ2) is 5.22. The van der Waals surface area contributed by atoms with Gasteiger partial charge in [-0.05, 0) is 34.4 Å². The van der Waals surface area contributed by atoms with Gasteiger partial charge < -0.3 is 4.74 Å². The quantitative estimate of drug-likeness (QED) is 0.745. The molecule has 3 rings (SSSR count). The number of ether oxygens (including phenoxy) is 1. The molecular weight excluding hydrogens is 256 g/mol. The molecule has 2 aromatic rings. The van der Waals surface area contributed by atoms with Gasteiger partial charge in [0.25, 0.3) is 0 Å². The van der Waals surface area contributed by atoms with Crippen LogP contribution in [0.15, 0.2) is 42.5 Å². The lowest BCUT2D eigenvalue weighted by Crippen LogP contribution is -2.33. The third kappa shape index (κ3) is 2.57. The summed E-state index contributed by atoms with van der Waals surface area (Å²) in [5.41, 5.74) is 5.67. The van der Waals surface area contributed by atoms with Crippen LogP contribution in [0.2, 0.25) is 0 Å². The molecule has 0 unspecified atom stereocenters. The topological polar surface area (TPSA) is 9.23 Å². The summed E-state index contributed by atoms with van der Waals surface area (Å²) >= 11 is 0. The van der Waals surface area contributed by atoms with E-state index in [0.717, 1.165) is 12.2 Å². The molecule has 0 fully saturated rings. The Morgan fingerprint density at radius 1 is 1.05 bits per heavy atom. The first-order chi connectivity index (χ1) is 9.99. The summed E-state index contributed by atoms with van der Waals surface area (Å²) in [6, 6.07) is 14.9. The first-order valence-corrected chi connectivity index (χ1v) is 7.82. The highest BCUT2D eigenvalue weighted by Gasteiger charge is 2.38. The minimum absolute atomic E-state index is 0.242. The Morgan fingerprint density at radius 3 is 2.38 bits per heavy atom. The van der Waals surface area contributed by atoms with Crippen molar-refractivity contribution in [1.29, 1.82) is 0 Å². The van der Waals surface area contributed by atoms with Crippen molar-refractivity contribution in [1.82, 2.24) is 0 Å². The van der Waals surface area contributed by atoms with Crippen LogP contribution in [0.25, 0.3) is 0 Å². The van der Waals surface area contributed by atoms with E-state index < -0.39 is 0 Å². The van der Waals surface area contributed by atoms with Gasteiger partial charge in [-0.15, -0.1) is 0 Å². The number of benzene rings is 2. The molecule has 2 aromatic carbocycles. The number of hydrogen-bond acceptors (Lipinski definition) is 1. The monoisotopic (exact) mass is 280 g/mol. The van der Waals surface area contributed by atoms with Gasteiger partial charge >= 0.3 is 0 Å². The summed E-state index contributed by atoms with van der Waals surface area (Å²) in [6.45, 7) is 9.75. The Balaban J connectivity index is 1.94. The van der Waals surface area contributed by atoms with Crippen LogP contribution in [0.3, 0.4) is 0 Å². The summed E-state index contributed by atoms with van der Waals surface area (Å²) in [7, 11) is 0. The van der Waals surface area contributed by atoms with Crippen molar-refractivity contribution in [3.05, 3.63) is 64.7 Å². The maximum atomic E-state index is 6.28. The summed E-state index contributed by atoms with van der Waals surface area (Å²) in [6.07, 6.45) is 1.16. The fraction of sp³-hybridized carbons (Fsp3) is 0.400. The minimum Gasteiger partial charge on any atom is -0.488 e. The average molecular weight is 280 g/mol. The zero-order chi connectivity index (χ0) is 15.0. The maximum Gasteiger partial charge on any atom is 0.127 e. The van der Waals surface area contributed by atoms with Crippen LogP contribution in [0.1, 0.15) is 55.9 Å². The molecular formula is C20H24O. The van der Waals surface area contributed by atoms with Crippen LogP contribution in [0.4, 0.5) is 0 Å². The fourth-order valence-electron chi connectivity index (χ4n) is 3.33. The molecule has 21 heavy (non-hydrogen) atoms. The van der Waals surface area contributed by atoms with E-state index >= 15 is 0 Å². The van der Waals surface area contributed by atoms with Crippen molar-refractivity contribution < 1.29 is 4.74 Å². The van der Waals surface area contributed by atoms with Crippen molar-refractivity contribution in [2.75, 3.05) is 0 Å². The Hall–Kier alpha value is -1.76. The molecule has 0 saturated heterocycles. The van der Waals surface area contributed by atoms with Gasteiger partial charge in [-0.2, -0.15) is 0 Å². The summed E-state index contributed by atoms with van der Waals surface area (Å²) in [5.74, 6) is 1.61. The van der Waals surface area contributed by atoms with Crippen molar-refractivity contribution in [2.24, 2.45) is 0 Å². The van der Waals surface area contributed by atoms with Gasteiger partial charge in [-0.25, -0.2) is 0 Å². The predicted octanol–water partition coefficient (Wildman–Crippen LogP) is 5.22. The first kappa shape index (κ1) is 14.2. The molecule has 0 aliphatic heterocycles. The first-order valence-electron chi connectivity index (χ1n) is 7.82. The van der Waals surface area contributed by atoms with E-state index in [-0.39, 0.29) is 5.41 Å². The van der Waals surface area contributed by atoms with Crippen molar-refractivity contribution >= 4 is 0 Å². The van der Waals surface area contributed by atoms with E-state index in [2.05, 4.69) is 64.1 Å². The molecule has 110 valence electrons. The van der Waals surface area contributed by atoms with Gasteiger partial charge in [0.1, 0.15) is 12.4 Å². The number of fused-ring (bicyclic) bond motifs is 1. The Labute approximate surface area is 128 Å². The lowest BCUT2D eigenvalue weighted by Gasteiger charge is -2.40. The predicted molar refractivity (Wildman–Crippen MR) is 88.0 cm³/mol. The number of rotatable bonds is 4. The maximum absolute atomic E-state index is 6.28. The van der Waals surface area contributed by atoms with E-state index in [4.69, 9.17) is 4.74 Å². The van der Waals surface area contributed by atoms with Gasteiger partial charge in [0.15, 0.2) is 0 Å². The molecule has 0 spiro atoms. The average Bonchev–Trinajstić information content (AvgIpc) is 2.44. The molecule has 1 aliphatic carbocycles. The molecule has 0 atom stereocenters. The Morgan fingerprint density at radius 2 is 1.76 bits per heavy atom. The molecule has 0 N–H and O–H groups in total. The Kier molecular flexibility index (Phi) is 3.52. The third-order valence-corrected chi connectivity index (χ3v) is 4.43. The van der Waals surface area contributed by atoms with E-state index in [1.54, 1.807) is 0 Å². The van der Waals surface area contributed by atoms with Crippen LogP contribution < -0.4 is 4.74 Å². The molecule has 0 aromatic heterocycles. The highest BCUT2D eigenvalue weighted by molar-refractivity contribution is 5.57. The van der Waals surface area contributed by atoms with Gasteiger partial charge in [-0.1, -0.05) is 70.2 Å². The number of hydrogen-bond donors (Lipinski definition) is 0. The van der Waals surface area contributed by atoms with Crippen LogP contribution in [0, 0.1) is 0 Å². The third-order valence-electron chi connectivity index (χ3n) is 4.43. The van der Waals surface area contributed by atoms with Crippen molar-refractivity contribution in [2.45, 2.75) is 52.1 Å². The lowest BCUT2D eigenvalue weighted by atomic mass is 9.65. The van der Waals surface area contributed by atoms with E-state index in [9.17, 15) is 0 Å². The van der Waals surface area contributed by atoms with Crippen LogP contribution in [-0.2, 0) is 18.4 Å². The highest BCUT2D eigenvalue weighted by Crippen LogP contribution is 2.49. The summed E-state index contributed by atoms with van der Waals surface area (Å²) in [4.78, 5) is 0. The fourth-order valence-corrected chi connectivity index (χ4v) is 3.33. The largest absolute Gasteiger partial charge is 0.488 e. The van der Waals surface area contributed by atoms with E-state index in [1.165, 1.54) is 22.3 Å². The van der Waals surface area contributed by atoms with Crippen molar-refractivity contribution in [3.63, 3.8) is 0 Å². The SMILES string of the molecule is CC(C)c1ccc2c(c1OCc1ccccc1)C(C)(C)C2. The molecule has 0 heterocycles. The molecule has 0 radical (unpaired) electrons. The van der Waals surface area contributed by atoms with Crippen LogP contribution in [-0.4, -0.2) is 0 Å². The second-order valence-corrected chi connectivity index (χ2v) is 7.01. The molecule has 1 heteroatoms. The zero-order valence-corrected chi connectivity index (χ0v) is 13.4. The standard InChI is InChI=1S/C20H24O/c1-14(2)17-11-10-16-12-20(3,4)18(16)19(17)21-13-15-8-6-5-7-9-15/h5-11,14H,12-13H2,1-4H3. The van der Waals surface area contributed by atoms with Gasteiger partial charge in [-0.3, -0.25) is 0 Å². The van der Waals surface area contributed by atoms with Crippen LogP contribution >= 0.6 is 0 Å². The zero-order valence-electron chi connectivity index (χ0n) is 13.4. The molecule has 1 aliphatic rings. The Bertz CT molecular complexity index is 638.